The number of hydrogen-bond acceptors (Lipinski definition) is 3. The molecule has 0 unspecified atom stereocenters. The zero-order chi connectivity index (χ0) is 13.7. The maximum Gasteiger partial charge on any atom is 0.262 e. The number of nitrogens with zero attached hydrogens (tertiary/aromatic N) is 1. The normalized spacial score (nSPS) is 10.0. The predicted octanol–water partition coefficient (Wildman–Crippen LogP) is 3.06. The van der Waals surface area contributed by atoms with Gasteiger partial charge in [0, 0.05) is 11.8 Å². The minimum absolute atomic E-state index is 0.109. The highest BCUT2D eigenvalue weighted by molar-refractivity contribution is 6.29. The summed E-state index contributed by atoms with van der Waals surface area (Å²) in [6, 6.07) is 12.6. The van der Waals surface area contributed by atoms with Crippen molar-refractivity contribution in [3.8, 4) is 5.88 Å². The number of rotatable bonds is 4. The van der Waals surface area contributed by atoms with Crippen LogP contribution < -0.4 is 10.1 Å². The van der Waals surface area contributed by atoms with Crippen LogP contribution in [0.1, 0.15) is 5.56 Å². The number of hydrogen-bond donors (Lipinski definition) is 1. The molecule has 0 radical (unpaired) electrons. The Bertz CT molecular complexity index is 553. The fourth-order valence-electron chi connectivity index (χ4n) is 1.53. The number of para-hydroxylation sites is 1. The highest BCUT2D eigenvalue weighted by atomic mass is 35.5. The summed E-state index contributed by atoms with van der Waals surface area (Å²) >= 11 is 5.80. The highest BCUT2D eigenvalue weighted by Crippen LogP contribution is 2.15. The van der Waals surface area contributed by atoms with Gasteiger partial charge in [-0.05, 0) is 30.7 Å². The van der Waals surface area contributed by atoms with Gasteiger partial charge in [-0.3, -0.25) is 4.79 Å². The number of aryl methyl sites for hydroxylation is 1. The average molecular weight is 277 g/mol. The highest BCUT2D eigenvalue weighted by Gasteiger charge is 2.05. The van der Waals surface area contributed by atoms with Gasteiger partial charge in [-0.15, -0.1) is 0 Å². The van der Waals surface area contributed by atoms with E-state index in [1.165, 1.54) is 0 Å². The van der Waals surface area contributed by atoms with E-state index in [-0.39, 0.29) is 12.5 Å². The summed E-state index contributed by atoms with van der Waals surface area (Å²) in [4.78, 5) is 15.6. The van der Waals surface area contributed by atoms with Crippen molar-refractivity contribution in [2.24, 2.45) is 0 Å². The Balaban J connectivity index is 1.90. The molecule has 0 saturated heterocycles. The van der Waals surface area contributed by atoms with Crippen molar-refractivity contribution in [3.05, 3.63) is 53.2 Å². The molecule has 0 fully saturated rings. The molecule has 1 aromatic heterocycles. The average Bonchev–Trinajstić information content (AvgIpc) is 2.36. The van der Waals surface area contributed by atoms with Crippen molar-refractivity contribution in [3.63, 3.8) is 0 Å². The molecule has 2 aromatic rings. The molecule has 1 N–H and O–H groups in total. The number of carbonyl (C=O) groups is 1. The van der Waals surface area contributed by atoms with Gasteiger partial charge < -0.3 is 10.1 Å². The van der Waals surface area contributed by atoms with Crippen LogP contribution in [-0.2, 0) is 4.79 Å². The van der Waals surface area contributed by atoms with Crippen LogP contribution in [0.3, 0.4) is 0 Å². The van der Waals surface area contributed by atoms with Crippen LogP contribution in [0.4, 0.5) is 5.69 Å². The number of nitrogens with one attached hydrogen (secondary N) is 1. The lowest BCUT2D eigenvalue weighted by molar-refractivity contribution is -0.118. The SMILES string of the molecule is Cc1cc(Cl)nc(OCC(=O)Nc2ccccc2)c1. The number of pyridine rings is 1. The maximum absolute atomic E-state index is 11.7. The zero-order valence-electron chi connectivity index (χ0n) is 10.4. The number of carbonyl (C=O) groups excluding carboxylic acids is 1. The quantitative estimate of drug-likeness (QED) is 0.873. The van der Waals surface area contributed by atoms with Gasteiger partial charge in [-0.2, -0.15) is 0 Å². The molecule has 0 atom stereocenters. The molecule has 0 saturated carbocycles. The summed E-state index contributed by atoms with van der Waals surface area (Å²) < 4.78 is 5.29. The number of ether oxygens (including phenoxy) is 1. The molecule has 0 aliphatic carbocycles. The standard InChI is InChI=1S/C14H13ClN2O2/c1-10-7-12(15)17-14(8-10)19-9-13(18)16-11-5-3-2-4-6-11/h2-8H,9H2,1H3,(H,16,18). The van der Waals surface area contributed by atoms with E-state index < -0.39 is 0 Å². The summed E-state index contributed by atoms with van der Waals surface area (Å²) in [7, 11) is 0. The van der Waals surface area contributed by atoms with Crippen LogP contribution in [0, 0.1) is 6.92 Å². The summed E-state index contributed by atoms with van der Waals surface area (Å²) in [5, 5.41) is 3.06. The van der Waals surface area contributed by atoms with E-state index in [4.69, 9.17) is 16.3 Å². The van der Waals surface area contributed by atoms with Crippen molar-refractivity contribution in [2.45, 2.75) is 6.92 Å². The Kier molecular flexibility index (Phi) is 4.36. The van der Waals surface area contributed by atoms with Gasteiger partial charge in [0.05, 0.1) is 0 Å². The lowest BCUT2D eigenvalue weighted by Crippen LogP contribution is -2.20. The Hall–Kier alpha value is -2.07. The first kappa shape index (κ1) is 13.4. The molecule has 4 nitrogen and oxygen atoms in total. The van der Waals surface area contributed by atoms with Gasteiger partial charge >= 0.3 is 0 Å². The van der Waals surface area contributed by atoms with Crippen molar-refractivity contribution < 1.29 is 9.53 Å². The van der Waals surface area contributed by atoms with E-state index in [1.54, 1.807) is 24.3 Å². The van der Waals surface area contributed by atoms with E-state index in [9.17, 15) is 4.79 Å². The van der Waals surface area contributed by atoms with Gasteiger partial charge in [0.15, 0.2) is 6.61 Å². The fourth-order valence-corrected chi connectivity index (χ4v) is 1.78. The molecule has 1 heterocycles. The van der Waals surface area contributed by atoms with Crippen LogP contribution in [0.25, 0.3) is 0 Å². The molecule has 0 bridgehead atoms. The summed E-state index contributed by atoms with van der Waals surface area (Å²) in [5.74, 6) is 0.0961. The lowest BCUT2D eigenvalue weighted by atomic mass is 10.3. The predicted molar refractivity (Wildman–Crippen MR) is 74.6 cm³/mol. The van der Waals surface area contributed by atoms with Crippen LogP contribution in [0.2, 0.25) is 5.15 Å². The first-order chi connectivity index (χ1) is 9.13. The zero-order valence-corrected chi connectivity index (χ0v) is 11.1. The van der Waals surface area contributed by atoms with Crippen molar-refractivity contribution in [1.29, 1.82) is 0 Å². The van der Waals surface area contributed by atoms with Gasteiger partial charge in [-0.25, -0.2) is 4.98 Å². The molecule has 0 aliphatic heterocycles. The third-order valence-electron chi connectivity index (χ3n) is 2.32. The molecule has 98 valence electrons. The number of aromatic nitrogens is 1. The Morgan fingerprint density at radius 3 is 2.74 bits per heavy atom. The minimum Gasteiger partial charge on any atom is -0.468 e. The number of benzene rings is 1. The van der Waals surface area contributed by atoms with E-state index in [2.05, 4.69) is 10.3 Å². The third kappa shape index (κ3) is 4.26. The molecule has 0 spiro atoms. The maximum atomic E-state index is 11.7. The Morgan fingerprint density at radius 1 is 1.32 bits per heavy atom. The molecule has 0 aliphatic rings. The molecule has 5 heteroatoms. The second-order valence-electron chi connectivity index (χ2n) is 4.01. The summed E-state index contributed by atoms with van der Waals surface area (Å²) in [6.45, 7) is 1.77. The van der Waals surface area contributed by atoms with Gasteiger partial charge in [0.2, 0.25) is 5.88 Å². The number of halogens is 1. The van der Waals surface area contributed by atoms with Crippen LogP contribution >= 0.6 is 11.6 Å². The summed E-state index contributed by atoms with van der Waals surface area (Å²) in [5.41, 5.74) is 1.66. The summed E-state index contributed by atoms with van der Waals surface area (Å²) in [6.07, 6.45) is 0. The minimum atomic E-state index is -0.245. The topological polar surface area (TPSA) is 51.2 Å². The van der Waals surface area contributed by atoms with E-state index in [1.807, 2.05) is 25.1 Å². The number of anilines is 1. The molecule has 2 rings (SSSR count). The van der Waals surface area contributed by atoms with Crippen LogP contribution in [0.15, 0.2) is 42.5 Å². The van der Waals surface area contributed by atoms with Gasteiger partial charge in [0.1, 0.15) is 5.15 Å². The van der Waals surface area contributed by atoms with Crippen molar-refractivity contribution in [1.82, 2.24) is 4.98 Å². The molecule has 19 heavy (non-hydrogen) atoms. The van der Waals surface area contributed by atoms with Crippen molar-refractivity contribution >= 4 is 23.2 Å². The monoisotopic (exact) mass is 276 g/mol. The van der Waals surface area contributed by atoms with Crippen molar-refractivity contribution in [2.75, 3.05) is 11.9 Å². The van der Waals surface area contributed by atoms with Gasteiger partial charge in [0.25, 0.3) is 5.91 Å². The Labute approximate surface area is 116 Å². The second kappa shape index (κ2) is 6.20. The third-order valence-corrected chi connectivity index (χ3v) is 2.52. The molecule has 1 aromatic carbocycles. The Morgan fingerprint density at radius 2 is 2.05 bits per heavy atom. The first-order valence-corrected chi connectivity index (χ1v) is 6.13. The lowest BCUT2D eigenvalue weighted by Gasteiger charge is -2.07. The molecule has 1 amide bonds. The van der Waals surface area contributed by atoms with Gasteiger partial charge in [-0.1, -0.05) is 29.8 Å². The van der Waals surface area contributed by atoms with Crippen LogP contribution in [0.5, 0.6) is 5.88 Å². The first-order valence-electron chi connectivity index (χ1n) is 5.75. The molecular weight excluding hydrogens is 264 g/mol. The van der Waals surface area contributed by atoms with E-state index in [0.29, 0.717) is 11.0 Å². The van der Waals surface area contributed by atoms with Crippen LogP contribution in [-0.4, -0.2) is 17.5 Å². The fraction of sp³-hybridized carbons (Fsp3) is 0.143. The largest absolute Gasteiger partial charge is 0.468 e. The smallest absolute Gasteiger partial charge is 0.262 e. The molecular formula is C14H13ClN2O2. The number of amides is 1. The second-order valence-corrected chi connectivity index (χ2v) is 4.40. The van der Waals surface area contributed by atoms with E-state index in [0.717, 1.165) is 11.3 Å². The van der Waals surface area contributed by atoms with E-state index >= 15 is 0 Å².